The van der Waals surface area contributed by atoms with E-state index in [0.29, 0.717) is 5.82 Å². The summed E-state index contributed by atoms with van der Waals surface area (Å²) in [5, 5.41) is 2.79. The Labute approximate surface area is 97.8 Å². The standard InChI is InChI=1S/C8H8BrF3N2S/c9-6-1-2-7(14-5-6)13-3-4-15-8(10,11)12/h1-2,5H,3-4H2,(H,13,14). The lowest BCUT2D eigenvalue weighted by Gasteiger charge is -2.07. The molecule has 0 aliphatic carbocycles. The molecule has 0 atom stereocenters. The highest BCUT2D eigenvalue weighted by molar-refractivity contribution is 9.10. The second-order valence-corrected chi connectivity index (χ2v) is 4.66. The van der Waals surface area contributed by atoms with Crippen molar-refractivity contribution in [1.29, 1.82) is 0 Å². The van der Waals surface area contributed by atoms with E-state index in [-0.39, 0.29) is 24.1 Å². The third-order valence-corrected chi connectivity index (χ3v) is 2.61. The monoisotopic (exact) mass is 300 g/mol. The fraction of sp³-hybridized carbons (Fsp3) is 0.375. The van der Waals surface area contributed by atoms with Crippen molar-refractivity contribution in [2.24, 2.45) is 0 Å². The van der Waals surface area contributed by atoms with Crippen LogP contribution in [0.4, 0.5) is 19.0 Å². The molecule has 1 rings (SSSR count). The highest BCUT2D eigenvalue weighted by Crippen LogP contribution is 2.29. The number of thioether (sulfide) groups is 1. The molecular weight excluding hydrogens is 293 g/mol. The normalized spacial score (nSPS) is 11.5. The van der Waals surface area contributed by atoms with Crippen LogP contribution >= 0.6 is 27.7 Å². The van der Waals surface area contributed by atoms with Crippen molar-refractivity contribution in [2.75, 3.05) is 17.6 Å². The molecule has 0 fully saturated rings. The molecular formula is C8H8BrF3N2S. The lowest BCUT2D eigenvalue weighted by Crippen LogP contribution is -2.10. The van der Waals surface area contributed by atoms with Crippen molar-refractivity contribution < 1.29 is 13.2 Å². The van der Waals surface area contributed by atoms with E-state index in [9.17, 15) is 13.2 Å². The number of alkyl halides is 3. The smallest absolute Gasteiger partial charge is 0.369 e. The number of anilines is 1. The van der Waals surface area contributed by atoms with E-state index in [4.69, 9.17) is 0 Å². The number of nitrogens with zero attached hydrogens (tertiary/aromatic N) is 1. The molecule has 0 saturated heterocycles. The molecule has 1 aromatic rings. The SMILES string of the molecule is FC(F)(F)SCCNc1ccc(Br)cn1. The summed E-state index contributed by atoms with van der Waals surface area (Å²) in [4.78, 5) is 3.96. The molecule has 0 unspecified atom stereocenters. The minimum Gasteiger partial charge on any atom is -0.369 e. The highest BCUT2D eigenvalue weighted by atomic mass is 79.9. The molecule has 0 radical (unpaired) electrons. The second kappa shape index (κ2) is 5.60. The zero-order valence-electron chi connectivity index (χ0n) is 7.51. The van der Waals surface area contributed by atoms with Crippen LogP contribution in [0.15, 0.2) is 22.8 Å². The summed E-state index contributed by atoms with van der Waals surface area (Å²) in [5.41, 5.74) is -4.16. The van der Waals surface area contributed by atoms with Crippen LogP contribution in [0.5, 0.6) is 0 Å². The lowest BCUT2D eigenvalue weighted by molar-refractivity contribution is -0.0327. The highest BCUT2D eigenvalue weighted by Gasteiger charge is 2.27. The first-order valence-electron chi connectivity index (χ1n) is 4.03. The molecule has 1 N–H and O–H groups in total. The minimum absolute atomic E-state index is 0.0265. The first-order chi connectivity index (χ1) is 6.97. The number of aromatic nitrogens is 1. The Hall–Kier alpha value is -0.430. The zero-order chi connectivity index (χ0) is 11.3. The molecule has 1 aromatic heterocycles. The fourth-order valence-electron chi connectivity index (χ4n) is 0.826. The molecule has 0 aliphatic heterocycles. The van der Waals surface area contributed by atoms with Gasteiger partial charge in [-0.05, 0) is 39.8 Å². The van der Waals surface area contributed by atoms with Gasteiger partial charge in [0.05, 0.1) is 0 Å². The Balaban J connectivity index is 2.23. The summed E-state index contributed by atoms with van der Waals surface area (Å²) in [5.74, 6) is 0.544. The summed E-state index contributed by atoms with van der Waals surface area (Å²) >= 11 is 3.17. The summed E-state index contributed by atoms with van der Waals surface area (Å²) in [6.07, 6.45) is 1.58. The zero-order valence-corrected chi connectivity index (χ0v) is 9.92. The summed E-state index contributed by atoms with van der Waals surface area (Å²) < 4.78 is 36.1. The van der Waals surface area contributed by atoms with E-state index in [1.807, 2.05) is 0 Å². The summed E-state index contributed by atoms with van der Waals surface area (Å²) in [7, 11) is 0. The Morgan fingerprint density at radius 1 is 1.40 bits per heavy atom. The maximum Gasteiger partial charge on any atom is 0.441 e. The quantitative estimate of drug-likeness (QED) is 0.862. The van der Waals surface area contributed by atoms with E-state index in [0.717, 1.165) is 4.47 Å². The van der Waals surface area contributed by atoms with Crippen LogP contribution in [0, 0.1) is 0 Å². The second-order valence-electron chi connectivity index (χ2n) is 2.58. The van der Waals surface area contributed by atoms with Gasteiger partial charge >= 0.3 is 5.51 Å². The Kier molecular flexibility index (Phi) is 4.72. The molecule has 2 nitrogen and oxygen atoms in total. The molecule has 7 heteroatoms. The van der Waals surface area contributed by atoms with Gasteiger partial charge in [-0.15, -0.1) is 0 Å². The van der Waals surface area contributed by atoms with E-state index in [2.05, 4.69) is 26.2 Å². The third-order valence-electron chi connectivity index (χ3n) is 1.40. The van der Waals surface area contributed by atoms with Crippen LogP contribution in [0.25, 0.3) is 0 Å². The maximum absolute atomic E-state index is 11.7. The largest absolute Gasteiger partial charge is 0.441 e. The molecule has 84 valence electrons. The van der Waals surface area contributed by atoms with Crippen molar-refractivity contribution in [2.45, 2.75) is 5.51 Å². The fourth-order valence-corrected chi connectivity index (χ4v) is 1.50. The lowest BCUT2D eigenvalue weighted by atomic mass is 10.4. The first kappa shape index (κ1) is 12.6. The molecule has 0 saturated carbocycles. The van der Waals surface area contributed by atoms with Crippen molar-refractivity contribution in [3.8, 4) is 0 Å². The molecule has 0 bridgehead atoms. The van der Waals surface area contributed by atoms with Gasteiger partial charge in [0, 0.05) is 23.0 Å². The van der Waals surface area contributed by atoms with Gasteiger partial charge in [-0.3, -0.25) is 0 Å². The Bertz CT molecular complexity index is 302. The van der Waals surface area contributed by atoms with Gasteiger partial charge in [0.15, 0.2) is 0 Å². The van der Waals surface area contributed by atoms with Crippen LogP contribution < -0.4 is 5.32 Å². The predicted octanol–water partition coefficient (Wildman–Crippen LogP) is 3.51. The van der Waals surface area contributed by atoms with E-state index in [1.54, 1.807) is 18.3 Å². The molecule has 0 aromatic carbocycles. The van der Waals surface area contributed by atoms with E-state index >= 15 is 0 Å². The van der Waals surface area contributed by atoms with Crippen molar-refractivity contribution in [1.82, 2.24) is 4.98 Å². The Morgan fingerprint density at radius 3 is 2.67 bits per heavy atom. The third kappa shape index (κ3) is 5.88. The van der Waals surface area contributed by atoms with Crippen molar-refractivity contribution >= 4 is 33.5 Å². The van der Waals surface area contributed by atoms with Gasteiger partial charge in [-0.25, -0.2) is 4.98 Å². The Morgan fingerprint density at radius 2 is 2.13 bits per heavy atom. The van der Waals surface area contributed by atoms with Crippen LogP contribution in [-0.4, -0.2) is 22.8 Å². The van der Waals surface area contributed by atoms with Gasteiger partial charge in [0.25, 0.3) is 0 Å². The van der Waals surface area contributed by atoms with Gasteiger partial charge < -0.3 is 5.32 Å². The van der Waals surface area contributed by atoms with E-state index in [1.165, 1.54) is 0 Å². The minimum atomic E-state index is -4.16. The maximum atomic E-state index is 11.7. The van der Waals surface area contributed by atoms with Crippen molar-refractivity contribution in [3.05, 3.63) is 22.8 Å². The van der Waals surface area contributed by atoms with E-state index < -0.39 is 5.51 Å². The average molecular weight is 301 g/mol. The molecule has 0 spiro atoms. The summed E-state index contributed by atoms with van der Waals surface area (Å²) in [6, 6.07) is 3.47. The van der Waals surface area contributed by atoms with Crippen LogP contribution in [0.1, 0.15) is 0 Å². The predicted molar refractivity (Wildman–Crippen MR) is 58.9 cm³/mol. The van der Waals surface area contributed by atoms with Gasteiger partial charge in [-0.1, -0.05) is 0 Å². The van der Waals surface area contributed by atoms with Crippen LogP contribution in [0.3, 0.4) is 0 Å². The first-order valence-corrected chi connectivity index (χ1v) is 5.81. The molecule has 15 heavy (non-hydrogen) atoms. The number of rotatable bonds is 4. The molecule has 0 aliphatic rings. The molecule has 1 heterocycles. The van der Waals surface area contributed by atoms with Gasteiger partial charge in [0.1, 0.15) is 5.82 Å². The topological polar surface area (TPSA) is 24.9 Å². The average Bonchev–Trinajstić information content (AvgIpc) is 2.14. The van der Waals surface area contributed by atoms with Gasteiger partial charge in [0.2, 0.25) is 0 Å². The number of pyridine rings is 1. The van der Waals surface area contributed by atoms with Gasteiger partial charge in [-0.2, -0.15) is 13.2 Å². The number of halogens is 4. The molecule has 0 amide bonds. The summed E-state index contributed by atoms with van der Waals surface area (Å²) in [6.45, 7) is 0.235. The number of nitrogens with one attached hydrogen (secondary N) is 1. The van der Waals surface area contributed by atoms with Crippen LogP contribution in [-0.2, 0) is 0 Å². The number of hydrogen-bond donors (Lipinski definition) is 1. The van der Waals surface area contributed by atoms with Crippen molar-refractivity contribution in [3.63, 3.8) is 0 Å². The van der Waals surface area contributed by atoms with Crippen LogP contribution in [0.2, 0.25) is 0 Å². The number of hydrogen-bond acceptors (Lipinski definition) is 3.